The molecule has 0 aliphatic carbocycles. The van der Waals surface area contributed by atoms with E-state index < -0.39 is 5.60 Å². The van der Waals surface area contributed by atoms with E-state index in [9.17, 15) is 9.90 Å². The van der Waals surface area contributed by atoms with Gasteiger partial charge in [0, 0.05) is 12.6 Å². The molecule has 21 heavy (non-hydrogen) atoms. The van der Waals surface area contributed by atoms with Crippen molar-refractivity contribution in [3.8, 4) is 0 Å². The quantitative estimate of drug-likeness (QED) is 0.366. The van der Waals surface area contributed by atoms with Gasteiger partial charge in [-0.1, -0.05) is 62.3 Å². The molecule has 0 aromatic heterocycles. The number of aliphatic hydroxyl groups is 1. The van der Waals surface area contributed by atoms with Crippen molar-refractivity contribution in [1.82, 2.24) is 5.32 Å². The Hall–Kier alpha value is -1.61. The van der Waals surface area contributed by atoms with Crippen LogP contribution in [0.3, 0.4) is 0 Å². The molecule has 0 saturated carbocycles. The van der Waals surface area contributed by atoms with Crippen molar-refractivity contribution in [3.63, 3.8) is 0 Å². The molecule has 0 aromatic carbocycles. The highest BCUT2D eigenvalue weighted by atomic mass is 16.3. The van der Waals surface area contributed by atoms with E-state index in [1.807, 2.05) is 24.3 Å². The van der Waals surface area contributed by atoms with Gasteiger partial charge in [0.25, 0.3) is 0 Å². The molecule has 0 saturated heterocycles. The molecule has 0 fully saturated rings. The molecule has 0 radical (unpaired) electrons. The zero-order valence-corrected chi connectivity index (χ0v) is 13.5. The summed E-state index contributed by atoms with van der Waals surface area (Å²) in [5.41, 5.74) is -0.883. The first kappa shape index (κ1) is 19.4. The monoisotopic (exact) mass is 291 g/mol. The van der Waals surface area contributed by atoms with Gasteiger partial charge in [0.2, 0.25) is 5.91 Å². The maximum atomic E-state index is 11.4. The molecule has 118 valence electrons. The van der Waals surface area contributed by atoms with Crippen LogP contribution in [0.15, 0.2) is 48.6 Å². The van der Waals surface area contributed by atoms with Crippen LogP contribution < -0.4 is 5.32 Å². The third kappa shape index (κ3) is 16.3. The Balaban J connectivity index is 3.79. The summed E-state index contributed by atoms with van der Waals surface area (Å²) in [5, 5.41) is 12.1. The van der Waals surface area contributed by atoms with Crippen LogP contribution in [-0.2, 0) is 4.79 Å². The first-order chi connectivity index (χ1) is 9.95. The predicted octanol–water partition coefficient (Wildman–Crippen LogP) is 3.68. The van der Waals surface area contributed by atoms with Gasteiger partial charge in [0.15, 0.2) is 0 Å². The van der Waals surface area contributed by atoms with E-state index in [1.165, 1.54) is 25.3 Å². The van der Waals surface area contributed by atoms with Crippen LogP contribution in [0.5, 0.6) is 0 Å². The van der Waals surface area contributed by atoms with Gasteiger partial charge in [-0.3, -0.25) is 4.79 Å². The smallest absolute Gasteiger partial charge is 0.244 e. The third-order valence-electron chi connectivity index (χ3n) is 2.61. The number of amides is 1. The van der Waals surface area contributed by atoms with Crippen LogP contribution in [0.1, 0.15) is 46.5 Å². The second-order valence-corrected chi connectivity index (χ2v) is 5.58. The molecule has 0 aromatic rings. The Morgan fingerprint density at radius 3 is 2.29 bits per heavy atom. The molecule has 0 bridgehead atoms. The summed E-state index contributed by atoms with van der Waals surface area (Å²) >= 11 is 0. The van der Waals surface area contributed by atoms with Crippen molar-refractivity contribution < 1.29 is 9.90 Å². The minimum Gasteiger partial charge on any atom is -0.389 e. The van der Waals surface area contributed by atoms with Gasteiger partial charge in [0.05, 0.1) is 5.60 Å². The molecule has 0 rings (SSSR count). The number of carbonyl (C=O) groups excluding carboxylic acids is 1. The fourth-order valence-electron chi connectivity index (χ4n) is 1.45. The zero-order valence-electron chi connectivity index (χ0n) is 13.5. The van der Waals surface area contributed by atoms with E-state index in [2.05, 4.69) is 18.3 Å². The number of hydrogen-bond donors (Lipinski definition) is 2. The third-order valence-corrected chi connectivity index (χ3v) is 2.61. The Morgan fingerprint density at radius 2 is 1.67 bits per heavy atom. The van der Waals surface area contributed by atoms with Gasteiger partial charge in [-0.25, -0.2) is 0 Å². The van der Waals surface area contributed by atoms with E-state index in [0.29, 0.717) is 0 Å². The Labute approximate surface area is 129 Å². The molecular weight excluding hydrogens is 262 g/mol. The Bertz CT molecular complexity index is 385. The van der Waals surface area contributed by atoms with E-state index in [-0.39, 0.29) is 12.5 Å². The zero-order chi connectivity index (χ0) is 16.0. The summed E-state index contributed by atoms with van der Waals surface area (Å²) in [6, 6.07) is 0. The number of carbonyl (C=O) groups is 1. The molecule has 3 heteroatoms. The molecular formula is C18H29NO2. The Morgan fingerprint density at radius 1 is 1.05 bits per heavy atom. The van der Waals surface area contributed by atoms with E-state index in [4.69, 9.17) is 0 Å². The van der Waals surface area contributed by atoms with Crippen molar-refractivity contribution in [2.24, 2.45) is 0 Å². The highest BCUT2D eigenvalue weighted by Crippen LogP contribution is 1.99. The van der Waals surface area contributed by atoms with Crippen molar-refractivity contribution in [1.29, 1.82) is 0 Å². The minimum absolute atomic E-state index is 0.207. The number of allylic oxidation sites excluding steroid dienone is 7. The lowest BCUT2D eigenvalue weighted by molar-refractivity contribution is -0.117. The van der Waals surface area contributed by atoms with Crippen molar-refractivity contribution >= 4 is 5.91 Å². The van der Waals surface area contributed by atoms with E-state index in [1.54, 1.807) is 26.0 Å². The summed E-state index contributed by atoms with van der Waals surface area (Å²) < 4.78 is 0. The summed E-state index contributed by atoms with van der Waals surface area (Å²) in [5.74, 6) is -0.207. The first-order valence-corrected chi connectivity index (χ1v) is 7.62. The average Bonchev–Trinajstić information content (AvgIpc) is 2.42. The second kappa shape index (κ2) is 12.2. The highest BCUT2D eigenvalue weighted by molar-refractivity contribution is 5.87. The van der Waals surface area contributed by atoms with Gasteiger partial charge < -0.3 is 10.4 Å². The number of unbranched alkanes of at least 4 members (excludes halogenated alkanes) is 3. The van der Waals surface area contributed by atoms with Crippen LogP contribution in [0, 0.1) is 0 Å². The van der Waals surface area contributed by atoms with Crippen LogP contribution >= 0.6 is 0 Å². The van der Waals surface area contributed by atoms with Gasteiger partial charge >= 0.3 is 0 Å². The fraction of sp³-hybridized carbons (Fsp3) is 0.500. The van der Waals surface area contributed by atoms with Gasteiger partial charge in [-0.15, -0.1) is 0 Å². The molecule has 0 unspecified atom stereocenters. The van der Waals surface area contributed by atoms with Crippen molar-refractivity contribution in [2.75, 3.05) is 6.54 Å². The van der Waals surface area contributed by atoms with Crippen LogP contribution in [0.4, 0.5) is 0 Å². The van der Waals surface area contributed by atoms with Crippen LogP contribution in [0.2, 0.25) is 0 Å². The number of rotatable bonds is 10. The lowest BCUT2D eigenvalue weighted by Gasteiger charge is -2.16. The topological polar surface area (TPSA) is 49.3 Å². The molecule has 0 aliphatic heterocycles. The molecule has 0 spiro atoms. The predicted molar refractivity (Wildman–Crippen MR) is 90.0 cm³/mol. The molecule has 3 nitrogen and oxygen atoms in total. The van der Waals surface area contributed by atoms with E-state index in [0.717, 1.165) is 6.42 Å². The standard InChI is InChI=1S/C18H29NO2/c1-4-5-6-7-8-9-10-11-12-13-14-15-17(20)19-16-18(2,3)21/h8-15,21H,4-7,16H2,1-3H3,(H,19,20)/b9-8?,11-10?,13-12+,15-14+. The highest BCUT2D eigenvalue weighted by Gasteiger charge is 2.12. The van der Waals surface area contributed by atoms with Crippen LogP contribution in [-0.4, -0.2) is 23.2 Å². The summed E-state index contributed by atoms with van der Waals surface area (Å²) in [6.45, 7) is 5.74. The normalized spacial score (nSPS) is 13.1. The number of nitrogens with one attached hydrogen (secondary N) is 1. The molecule has 0 atom stereocenters. The lowest BCUT2D eigenvalue weighted by atomic mass is 10.1. The SMILES string of the molecule is CCCCCC=CC=C/C=C/C=C/C(=O)NCC(C)(C)O. The lowest BCUT2D eigenvalue weighted by Crippen LogP contribution is -2.37. The van der Waals surface area contributed by atoms with Gasteiger partial charge in [-0.2, -0.15) is 0 Å². The molecule has 1 amide bonds. The van der Waals surface area contributed by atoms with E-state index >= 15 is 0 Å². The number of hydrogen-bond acceptors (Lipinski definition) is 2. The first-order valence-electron chi connectivity index (χ1n) is 7.62. The summed E-state index contributed by atoms with van der Waals surface area (Å²) in [6.07, 6.45) is 19.8. The maximum Gasteiger partial charge on any atom is 0.244 e. The maximum absolute atomic E-state index is 11.4. The summed E-state index contributed by atoms with van der Waals surface area (Å²) in [7, 11) is 0. The van der Waals surface area contributed by atoms with Gasteiger partial charge in [0.1, 0.15) is 0 Å². The molecule has 2 N–H and O–H groups in total. The molecule has 0 heterocycles. The Kier molecular flexibility index (Phi) is 11.2. The summed E-state index contributed by atoms with van der Waals surface area (Å²) in [4.78, 5) is 11.4. The van der Waals surface area contributed by atoms with Gasteiger partial charge in [-0.05, 0) is 26.7 Å². The average molecular weight is 291 g/mol. The fourth-order valence-corrected chi connectivity index (χ4v) is 1.45. The van der Waals surface area contributed by atoms with Crippen molar-refractivity contribution in [2.45, 2.75) is 52.1 Å². The molecule has 0 aliphatic rings. The largest absolute Gasteiger partial charge is 0.389 e. The second-order valence-electron chi connectivity index (χ2n) is 5.58. The minimum atomic E-state index is -0.883. The van der Waals surface area contributed by atoms with Crippen LogP contribution in [0.25, 0.3) is 0 Å². The van der Waals surface area contributed by atoms with Crippen molar-refractivity contribution in [3.05, 3.63) is 48.6 Å².